The number of rotatable bonds is 7. The Morgan fingerprint density at radius 2 is 1.78 bits per heavy atom. The number of ether oxygens (including phenoxy) is 1. The molecular weight excluding hydrogens is 377 g/mol. The second-order valence-electron chi connectivity index (χ2n) is 6.87. The molecule has 1 aliphatic heterocycles. The number of benzene rings is 1. The van der Waals surface area contributed by atoms with E-state index in [1.807, 2.05) is 0 Å². The summed E-state index contributed by atoms with van der Waals surface area (Å²) in [6, 6.07) is 6.56. The topological polar surface area (TPSA) is 43.2 Å². The highest BCUT2D eigenvalue weighted by atomic mass is 32.2. The molecule has 9 heteroatoms. The normalized spacial score (nSPS) is 17.5. The fourth-order valence-electron chi connectivity index (χ4n) is 3.27. The van der Waals surface area contributed by atoms with E-state index in [2.05, 4.69) is 24.4 Å². The van der Waals surface area contributed by atoms with E-state index in [0.29, 0.717) is 6.04 Å². The lowest BCUT2D eigenvalue weighted by Gasteiger charge is -2.17. The first kappa shape index (κ1) is 18.5. The van der Waals surface area contributed by atoms with Crippen molar-refractivity contribution in [3.63, 3.8) is 0 Å². The number of aryl methyl sites for hydroxylation is 1. The predicted octanol–water partition coefficient (Wildman–Crippen LogP) is 4.45. The Bertz CT molecular complexity index is 768. The Labute approximate surface area is 159 Å². The van der Waals surface area contributed by atoms with Crippen LogP contribution in [0.5, 0.6) is 5.75 Å². The Morgan fingerprint density at radius 1 is 1.07 bits per heavy atom. The zero-order valence-corrected chi connectivity index (χ0v) is 15.6. The summed E-state index contributed by atoms with van der Waals surface area (Å²) in [6.45, 7) is 2.09. The van der Waals surface area contributed by atoms with Gasteiger partial charge in [-0.15, -0.1) is 23.4 Å². The lowest BCUT2D eigenvalue weighted by molar-refractivity contribution is -0.274. The molecule has 27 heavy (non-hydrogen) atoms. The molecule has 2 aliphatic rings. The molecule has 0 unspecified atom stereocenters. The van der Waals surface area contributed by atoms with Crippen molar-refractivity contribution in [2.75, 3.05) is 23.7 Å². The Morgan fingerprint density at radius 3 is 2.41 bits per heavy atom. The van der Waals surface area contributed by atoms with Crippen LogP contribution in [0.15, 0.2) is 29.4 Å². The molecule has 0 atom stereocenters. The van der Waals surface area contributed by atoms with Crippen molar-refractivity contribution in [1.29, 1.82) is 0 Å². The molecule has 0 N–H and O–H groups in total. The van der Waals surface area contributed by atoms with E-state index >= 15 is 0 Å². The first-order valence-electron chi connectivity index (χ1n) is 9.17. The van der Waals surface area contributed by atoms with Gasteiger partial charge in [0.15, 0.2) is 5.16 Å². The highest BCUT2D eigenvalue weighted by Gasteiger charge is 2.32. The fraction of sp³-hybridized carbons (Fsp3) is 0.556. The van der Waals surface area contributed by atoms with Crippen LogP contribution in [-0.2, 0) is 6.42 Å². The van der Waals surface area contributed by atoms with Crippen LogP contribution in [0.2, 0.25) is 0 Å². The van der Waals surface area contributed by atoms with Gasteiger partial charge in [-0.05, 0) is 49.8 Å². The molecular formula is C18H21F3N4OS. The third kappa shape index (κ3) is 4.69. The number of hydrogen-bond acceptors (Lipinski definition) is 5. The van der Waals surface area contributed by atoms with Crippen molar-refractivity contribution >= 4 is 17.7 Å². The van der Waals surface area contributed by atoms with Crippen molar-refractivity contribution in [3.05, 3.63) is 29.8 Å². The summed E-state index contributed by atoms with van der Waals surface area (Å²) in [5, 5.41) is 9.76. The largest absolute Gasteiger partial charge is 0.573 e. The molecule has 1 saturated heterocycles. The van der Waals surface area contributed by atoms with Gasteiger partial charge in [0.05, 0.1) is 0 Å². The molecule has 5 nitrogen and oxygen atoms in total. The summed E-state index contributed by atoms with van der Waals surface area (Å²) in [5.41, 5.74) is 0.967. The molecule has 146 valence electrons. The van der Waals surface area contributed by atoms with Gasteiger partial charge in [-0.1, -0.05) is 23.9 Å². The number of aromatic nitrogens is 3. The molecule has 1 aromatic carbocycles. The van der Waals surface area contributed by atoms with Gasteiger partial charge in [-0.3, -0.25) is 4.57 Å². The van der Waals surface area contributed by atoms with Gasteiger partial charge >= 0.3 is 6.36 Å². The average Bonchev–Trinajstić information content (AvgIpc) is 3.14. The number of alkyl halides is 3. The van der Waals surface area contributed by atoms with Crippen LogP contribution >= 0.6 is 11.8 Å². The van der Waals surface area contributed by atoms with E-state index < -0.39 is 6.36 Å². The van der Waals surface area contributed by atoms with Crippen LogP contribution in [0.4, 0.5) is 19.1 Å². The maximum Gasteiger partial charge on any atom is 0.573 e. The van der Waals surface area contributed by atoms with Gasteiger partial charge in [-0.2, -0.15) is 0 Å². The zero-order valence-electron chi connectivity index (χ0n) is 14.8. The quantitative estimate of drug-likeness (QED) is 0.645. The molecule has 1 aromatic heterocycles. The first-order chi connectivity index (χ1) is 13.0. The number of hydrogen-bond donors (Lipinski definition) is 0. The van der Waals surface area contributed by atoms with Crippen LogP contribution in [0.3, 0.4) is 0 Å². The van der Waals surface area contributed by atoms with E-state index in [-0.39, 0.29) is 5.75 Å². The number of anilines is 1. The van der Waals surface area contributed by atoms with E-state index in [9.17, 15) is 13.2 Å². The van der Waals surface area contributed by atoms with Gasteiger partial charge in [0, 0.05) is 24.9 Å². The summed E-state index contributed by atoms with van der Waals surface area (Å²) < 4.78 is 42.8. The van der Waals surface area contributed by atoms with E-state index in [1.54, 1.807) is 23.9 Å². The standard InChI is InChI=1S/C18H21F3N4OS/c19-18(20,21)26-15-7-3-13(4-8-15)9-12-27-17-23-22-16(24-10-1-2-11-24)25(17)14-5-6-14/h3-4,7-8,14H,1-2,5-6,9-12H2. The van der Waals surface area contributed by atoms with Gasteiger partial charge < -0.3 is 9.64 Å². The maximum absolute atomic E-state index is 12.2. The Hall–Kier alpha value is -1.90. The third-order valence-electron chi connectivity index (χ3n) is 4.73. The van der Waals surface area contributed by atoms with E-state index in [4.69, 9.17) is 0 Å². The molecule has 1 saturated carbocycles. The van der Waals surface area contributed by atoms with Gasteiger partial charge in [0.25, 0.3) is 0 Å². The van der Waals surface area contributed by atoms with Crippen LogP contribution < -0.4 is 9.64 Å². The molecule has 0 spiro atoms. The SMILES string of the molecule is FC(F)(F)Oc1ccc(CCSc2nnc(N3CCCC3)n2C2CC2)cc1. The number of nitrogens with zero attached hydrogens (tertiary/aromatic N) is 4. The molecule has 0 radical (unpaired) electrons. The van der Waals surface area contributed by atoms with Crippen LogP contribution in [0.25, 0.3) is 0 Å². The van der Waals surface area contributed by atoms with Crippen molar-refractivity contribution in [2.24, 2.45) is 0 Å². The van der Waals surface area contributed by atoms with Crippen molar-refractivity contribution < 1.29 is 17.9 Å². The summed E-state index contributed by atoms with van der Waals surface area (Å²) in [7, 11) is 0. The molecule has 0 bridgehead atoms. The summed E-state index contributed by atoms with van der Waals surface area (Å²) in [4.78, 5) is 2.31. The second kappa shape index (κ2) is 7.61. The number of thioether (sulfide) groups is 1. The molecule has 4 rings (SSSR count). The number of halogens is 3. The second-order valence-corrected chi connectivity index (χ2v) is 7.93. The first-order valence-corrected chi connectivity index (χ1v) is 10.2. The smallest absolute Gasteiger partial charge is 0.406 e. The van der Waals surface area contributed by atoms with Crippen molar-refractivity contribution in [1.82, 2.24) is 14.8 Å². The Balaban J connectivity index is 1.35. The highest BCUT2D eigenvalue weighted by Crippen LogP contribution is 2.41. The van der Waals surface area contributed by atoms with Gasteiger partial charge in [0.1, 0.15) is 5.75 Å². The fourth-order valence-corrected chi connectivity index (χ4v) is 4.26. The minimum Gasteiger partial charge on any atom is -0.406 e. The average molecular weight is 398 g/mol. The highest BCUT2D eigenvalue weighted by molar-refractivity contribution is 7.99. The van der Waals surface area contributed by atoms with Crippen LogP contribution in [-0.4, -0.2) is 40.0 Å². The molecule has 2 fully saturated rings. The minimum absolute atomic E-state index is 0.192. The van der Waals surface area contributed by atoms with E-state index in [1.165, 1.54) is 37.8 Å². The van der Waals surface area contributed by atoms with Gasteiger partial charge in [0.2, 0.25) is 5.95 Å². The molecule has 2 aromatic rings. The monoisotopic (exact) mass is 398 g/mol. The maximum atomic E-state index is 12.2. The summed E-state index contributed by atoms with van der Waals surface area (Å²) in [6.07, 6.45) is 0.840. The predicted molar refractivity (Wildman–Crippen MR) is 97.3 cm³/mol. The molecule has 2 heterocycles. The zero-order chi connectivity index (χ0) is 18.9. The van der Waals surface area contributed by atoms with Gasteiger partial charge in [-0.25, -0.2) is 0 Å². The third-order valence-corrected chi connectivity index (χ3v) is 5.67. The molecule has 1 aliphatic carbocycles. The van der Waals surface area contributed by atoms with Crippen molar-refractivity contribution in [2.45, 2.75) is 49.7 Å². The Kier molecular flexibility index (Phi) is 5.21. The van der Waals surface area contributed by atoms with Crippen LogP contribution in [0.1, 0.15) is 37.3 Å². The lowest BCUT2D eigenvalue weighted by atomic mass is 10.2. The summed E-state index contributed by atoms with van der Waals surface area (Å²) >= 11 is 1.66. The van der Waals surface area contributed by atoms with E-state index in [0.717, 1.165) is 41.9 Å². The van der Waals surface area contributed by atoms with Crippen LogP contribution in [0, 0.1) is 0 Å². The minimum atomic E-state index is -4.66. The summed E-state index contributed by atoms with van der Waals surface area (Å²) in [5.74, 6) is 1.60. The lowest BCUT2D eigenvalue weighted by Crippen LogP contribution is -2.22. The molecule has 0 amide bonds. The van der Waals surface area contributed by atoms with Crippen molar-refractivity contribution in [3.8, 4) is 5.75 Å².